The maximum absolute atomic E-state index is 4.83. The van der Waals surface area contributed by atoms with Gasteiger partial charge in [0.05, 0.1) is 5.20 Å². The molecule has 1 heterocycles. The molecule has 2 rings (SSSR count). The molecule has 0 fully saturated rings. The first-order valence-electron chi connectivity index (χ1n) is 10.5. The fraction of sp³-hybridized carbons (Fsp3) is 0.522. The molecule has 1 aromatic rings. The molecule has 0 amide bonds. The van der Waals surface area contributed by atoms with Gasteiger partial charge in [-0.05, 0) is 12.1 Å². The van der Waals surface area contributed by atoms with Crippen molar-refractivity contribution in [2.24, 2.45) is 0 Å². The van der Waals surface area contributed by atoms with Gasteiger partial charge in [-0.25, -0.2) is 4.98 Å². The van der Waals surface area contributed by atoms with E-state index < -0.39 is 16.1 Å². The summed E-state index contributed by atoms with van der Waals surface area (Å²) >= 11 is 0. The van der Waals surface area contributed by atoms with E-state index >= 15 is 0 Å². The molecule has 1 aliphatic carbocycles. The van der Waals surface area contributed by atoms with Crippen molar-refractivity contribution in [3.8, 4) is 0 Å². The summed E-state index contributed by atoms with van der Waals surface area (Å²) in [4.78, 5) is 4.83. The van der Waals surface area contributed by atoms with Gasteiger partial charge in [0.1, 0.15) is 38.7 Å². The van der Waals surface area contributed by atoms with E-state index in [1.54, 1.807) is 10.4 Å². The third-order valence-electron chi connectivity index (χ3n) is 7.08. The van der Waals surface area contributed by atoms with E-state index in [-0.39, 0.29) is 0 Å². The summed E-state index contributed by atoms with van der Waals surface area (Å²) in [6.45, 7) is 14.4. The molecule has 0 N–H and O–H groups in total. The Labute approximate surface area is 163 Å². The summed E-state index contributed by atoms with van der Waals surface area (Å²) in [5, 5.41) is 3.19. The van der Waals surface area contributed by atoms with Crippen LogP contribution < -0.4 is 0 Å². The largest absolute Gasteiger partial charge is 0.242 e. The SMILES string of the molecule is CC[Si](CC)(CC)C1=[C+]C=CC([Si](CC)(CC)CC)=C1c1ccccn1. The van der Waals surface area contributed by atoms with Crippen LogP contribution >= 0.6 is 0 Å². The lowest BCUT2D eigenvalue weighted by molar-refractivity contribution is 1.16. The van der Waals surface area contributed by atoms with Gasteiger partial charge in [0, 0.05) is 18.3 Å². The topological polar surface area (TPSA) is 12.9 Å². The lowest BCUT2D eigenvalue weighted by Crippen LogP contribution is -2.40. The van der Waals surface area contributed by atoms with Crippen LogP contribution in [0.2, 0.25) is 36.3 Å². The molecule has 0 saturated carbocycles. The molecular formula is C23H36NSi2+. The summed E-state index contributed by atoms with van der Waals surface area (Å²) in [5.74, 6) is 0. The third-order valence-corrected chi connectivity index (χ3v) is 18.2. The summed E-state index contributed by atoms with van der Waals surface area (Å²) < 4.78 is 0. The van der Waals surface area contributed by atoms with Crippen molar-refractivity contribution >= 4 is 21.7 Å². The predicted octanol–water partition coefficient (Wildman–Crippen LogP) is 7.23. The van der Waals surface area contributed by atoms with E-state index in [9.17, 15) is 0 Å². The molecule has 1 aliphatic rings. The molecule has 3 heteroatoms. The van der Waals surface area contributed by atoms with Gasteiger partial charge >= 0.3 is 0 Å². The number of hydrogen-bond donors (Lipinski definition) is 0. The van der Waals surface area contributed by atoms with Crippen LogP contribution in [0.1, 0.15) is 47.2 Å². The van der Waals surface area contributed by atoms with Crippen molar-refractivity contribution in [2.75, 3.05) is 0 Å². The average molecular weight is 383 g/mol. The van der Waals surface area contributed by atoms with Crippen molar-refractivity contribution < 1.29 is 0 Å². The Balaban J connectivity index is 2.82. The van der Waals surface area contributed by atoms with Gasteiger partial charge in [0.2, 0.25) is 0 Å². The van der Waals surface area contributed by atoms with E-state index in [1.165, 1.54) is 47.5 Å². The third kappa shape index (κ3) is 3.58. The molecular weight excluding hydrogens is 346 g/mol. The quantitative estimate of drug-likeness (QED) is 0.324. The molecule has 0 unspecified atom stereocenters. The minimum atomic E-state index is -1.54. The zero-order valence-electron chi connectivity index (χ0n) is 17.7. The molecule has 26 heavy (non-hydrogen) atoms. The van der Waals surface area contributed by atoms with Crippen LogP contribution in [0.25, 0.3) is 5.57 Å². The molecule has 0 radical (unpaired) electrons. The summed E-state index contributed by atoms with van der Waals surface area (Å²) in [7, 11) is -3.05. The molecule has 0 atom stereocenters. The monoisotopic (exact) mass is 382 g/mol. The van der Waals surface area contributed by atoms with Crippen LogP contribution in [-0.4, -0.2) is 21.1 Å². The van der Waals surface area contributed by atoms with Gasteiger partial charge in [-0.15, -0.1) is 0 Å². The molecule has 140 valence electrons. The number of rotatable bonds is 9. The number of hydrogen-bond acceptors (Lipinski definition) is 1. The summed E-state index contributed by atoms with van der Waals surface area (Å²) in [5.41, 5.74) is 2.65. The van der Waals surface area contributed by atoms with E-state index in [4.69, 9.17) is 4.98 Å². The van der Waals surface area contributed by atoms with Crippen molar-refractivity contribution in [2.45, 2.75) is 77.8 Å². The second kappa shape index (κ2) is 9.08. The first kappa shape index (κ1) is 21.0. The zero-order chi connectivity index (χ0) is 19.2. The maximum atomic E-state index is 4.83. The van der Waals surface area contributed by atoms with Crippen molar-refractivity contribution in [3.05, 3.63) is 58.7 Å². The number of allylic oxidation sites excluding steroid dienone is 6. The second-order valence-electron chi connectivity index (χ2n) is 7.54. The summed E-state index contributed by atoms with van der Waals surface area (Å²) in [6.07, 6.45) is 10.4. The fourth-order valence-electron chi connectivity index (χ4n) is 4.74. The fourth-order valence-corrected chi connectivity index (χ4v) is 12.5. The van der Waals surface area contributed by atoms with Crippen LogP contribution in [0.4, 0.5) is 0 Å². The molecule has 0 spiro atoms. The van der Waals surface area contributed by atoms with E-state index in [0.717, 1.165) is 0 Å². The predicted molar refractivity (Wildman–Crippen MR) is 121 cm³/mol. The standard InChI is InChI=1S/C23H36NSi2/c1-7-25(8-2,9-3)21-17-15-18-22(26(10-4,11-5)12-6)23(21)20-16-13-14-19-24-20/h13-17,19H,7-12H2,1-6H3/q+1. The Morgan fingerprint density at radius 1 is 0.808 bits per heavy atom. The Kier molecular flexibility index (Phi) is 7.34. The first-order valence-corrected chi connectivity index (χ1v) is 15.8. The Bertz CT molecular complexity index is 661. The number of aromatic nitrogens is 1. The molecule has 0 bridgehead atoms. The van der Waals surface area contributed by atoms with E-state index in [0.29, 0.717) is 0 Å². The Morgan fingerprint density at radius 2 is 1.38 bits per heavy atom. The average Bonchev–Trinajstić information content (AvgIpc) is 2.72. The smallest absolute Gasteiger partial charge is 0.133 e. The lowest BCUT2D eigenvalue weighted by Gasteiger charge is -2.33. The molecule has 1 aromatic heterocycles. The van der Waals surface area contributed by atoms with Gasteiger partial charge in [-0.1, -0.05) is 83.9 Å². The van der Waals surface area contributed by atoms with Crippen molar-refractivity contribution in [1.82, 2.24) is 4.98 Å². The Hall–Kier alpha value is -1.29. The van der Waals surface area contributed by atoms with Gasteiger partial charge in [-0.3, -0.25) is 0 Å². The van der Waals surface area contributed by atoms with Gasteiger partial charge in [-0.2, -0.15) is 0 Å². The highest BCUT2D eigenvalue weighted by atomic mass is 28.3. The van der Waals surface area contributed by atoms with Crippen molar-refractivity contribution in [3.63, 3.8) is 0 Å². The van der Waals surface area contributed by atoms with Gasteiger partial charge < -0.3 is 0 Å². The highest BCUT2D eigenvalue weighted by Crippen LogP contribution is 2.44. The first-order chi connectivity index (χ1) is 12.6. The highest BCUT2D eigenvalue weighted by Gasteiger charge is 2.46. The molecule has 0 saturated heterocycles. The van der Waals surface area contributed by atoms with Crippen LogP contribution in [0.15, 0.2) is 46.9 Å². The molecule has 1 nitrogen and oxygen atoms in total. The second-order valence-corrected chi connectivity index (χ2v) is 17.9. The van der Waals surface area contributed by atoms with Crippen LogP contribution in [0, 0.1) is 6.08 Å². The van der Waals surface area contributed by atoms with E-state index in [1.807, 2.05) is 12.3 Å². The zero-order valence-corrected chi connectivity index (χ0v) is 19.7. The lowest BCUT2D eigenvalue weighted by atomic mass is 10.1. The molecule has 0 aliphatic heterocycles. The minimum absolute atomic E-state index is 1.17. The number of pyridine rings is 1. The Morgan fingerprint density at radius 3 is 1.85 bits per heavy atom. The van der Waals surface area contributed by atoms with Gasteiger partial charge in [0.25, 0.3) is 0 Å². The van der Waals surface area contributed by atoms with E-state index in [2.05, 4.69) is 71.9 Å². The van der Waals surface area contributed by atoms with Crippen LogP contribution in [0.5, 0.6) is 0 Å². The number of nitrogens with zero attached hydrogens (tertiary/aromatic N) is 1. The van der Waals surface area contributed by atoms with Crippen LogP contribution in [-0.2, 0) is 0 Å². The minimum Gasteiger partial charge on any atom is -0.242 e. The maximum Gasteiger partial charge on any atom is 0.133 e. The molecule has 0 aromatic carbocycles. The van der Waals surface area contributed by atoms with Crippen LogP contribution in [0.3, 0.4) is 0 Å². The summed E-state index contributed by atoms with van der Waals surface area (Å²) in [6, 6.07) is 14.2. The van der Waals surface area contributed by atoms with Gasteiger partial charge in [0.15, 0.2) is 0 Å². The van der Waals surface area contributed by atoms with Crippen molar-refractivity contribution in [1.29, 1.82) is 0 Å². The highest BCUT2D eigenvalue weighted by molar-refractivity contribution is 6.91. The normalized spacial score (nSPS) is 15.1.